The van der Waals surface area contributed by atoms with E-state index in [0.717, 1.165) is 5.75 Å². The first-order valence-electron chi connectivity index (χ1n) is 6.22. The molecule has 1 nitrogen and oxygen atoms in total. The first-order valence-corrected chi connectivity index (χ1v) is 6.22. The molecule has 0 atom stereocenters. The van der Waals surface area contributed by atoms with Crippen molar-refractivity contribution in [3.05, 3.63) is 72.6 Å². The van der Waals surface area contributed by atoms with Gasteiger partial charge >= 0.3 is 0 Å². The smallest absolute Gasteiger partial charge is 0.119 e. The molecule has 0 saturated carbocycles. The molecule has 1 radical (unpaired) electrons. The van der Waals surface area contributed by atoms with Crippen molar-refractivity contribution in [2.24, 2.45) is 0 Å². The van der Waals surface area contributed by atoms with Gasteiger partial charge in [0.2, 0.25) is 0 Å². The highest BCUT2D eigenvalue weighted by Gasteiger charge is 2.22. The Labute approximate surface area is 109 Å². The quantitative estimate of drug-likeness (QED) is 0.776. The zero-order valence-corrected chi connectivity index (χ0v) is 11.0. The molecule has 1 heteroatoms. The van der Waals surface area contributed by atoms with Gasteiger partial charge in [-0.1, -0.05) is 56.3 Å². The van der Waals surface area contributed by atoms with Gasteiger partial charge in [0, 0.05) is 5.41 Å². The van der Waals surface area contributed by atoms with Crippen molar-refractivity contribution in [3.8, 4) is 5.75 Å². The summed E-state index contributed by atoms with van der Waals surface area (Å²) >= 11 is 0. The van der Waals surface area contributed by atoms with Gasteiger partial charge in [-0.3, -0.25) is 0 Å². The summed E-state index contributed by atoms with van der Waals surface area (Å²) in [6.07, 6.45) is 0. The Bertz CT molecular complexity index is 483. The van der Waals surface area contributed by atoms with Crippen LogP contribution in [-0.2, 0) is 5.41 Å². The molecule has 0 fully saturated rings. The van der Waals surface area contributed by atoms with Crippen molar-refractivity contribution < 1.29 is 4.74 Å². The van der Waals surface area contributed by atoms with Gasteiger partial charge in [0.05, 0.1) is 6.61 Å². The Morgan fingerprint density at radius 1 is 0.889 bits per heavy atom. The third-order valence-corrected chi connectivity index (χ3v) is 3.34. The van der Waals surface area contributed by atoms with E-state index in [1.54, 1.807) is 0 Å². The minimum atomic E-state index is 0.00422. The first-order chi connectivity index (χ1) is 8.64. The van der Waals surface area contributed by atoms with Gasteiger partial charge in [-0.25, -0.2) is 0 Å². The monoisotopic (exact) mass is 239 g/mol. The molecule has 2 aromatic carbocycles. The van der Waals surface area contributed by atoms with E-state index in [2.05, 4.69) is 57.2 Å². The van der Waals surface area contributed by atoms with E-state index in [4.69, 9.17) is 4.74 Å². The average molecular weight is 239 g/mol. The van der Waals surface area contributed by atoms with E-state index in [0.29, 0.717) is 6.61 Å². The van der Waals surface area contributed by atoms with Gasteiger partial charge in [0.25, 0.3) is 0 Å². The molecule has 0 heterocycles. The first kappa shape index (κ1) is 12.7. The van der Waals surface area contributed by atoms with Crippen LogP contribution in [0.3, 0.4) is 0 Å². The maximum Gasteiger partial charge on any atom is 0.119 e. The average Bonchev–Trinajstić information content (AvgIpc) is 2.41. The van der Waals surface area contributed by atoms with Crippen molar-refractivity contribution in [2.45, 2.75) is 19.3 Å². The second-order valence-corrected chi connectivity index (χ2v) is 4.86. The Morgan fingerprint density at radius 2 is 1.44 bits per heavy atom. The number of rotatable bonds is 4. The van der Waals surface area contributed by atoms with E-state index in [1.807, 2.05) is 18.2 Å². The van der Waals surface area contributed by atoms with Crippen LogP contribution in [0.5, 0.6) is 5.75 Å². The van der Waals surface area contributed by atoms with Crippen LogP contribution in [0.1, 0.15) is 25.0 Å². The standard InChI is InChI=1S/C17H19O/c1-4-18-16-12-10-15(11-13-16)17(2,3)14-8-6-5-7-9-14/h5-13H,1,4H2,2-3H3. The largest absolute Gasteiger partial charge is 0.494 e. The fourth-order valence-corrected chi connectivity index (χ4v) is 2.11. The predicted molar refractivity (Wildman–Crippen MR) is 75.9 cm³/mol. The molecule has 0 aliphatic carbocycles. The SMILES string of the molecule is [CH2]COc1ccc(C(C)(C)c2ccccc2)cc1. The van der Waals surface area contributed by atoms with E-state index >= 15 is 0 Å². The summed E-state index contributed by atoms with van der Waals surface area (Å²) in [6.45, 7) is 8.61. The minimum Gasteiger partial charge on any atom is -0.494 e. The highest BCUT2D eigenvalue weighted by molar-refractivity contribution is 5.39. The van der Waals surface area contributed by atoms with Gasteiger partial charge in [0.1, 0.15) is 5.75 Å². The lowest BCUT2D eigenvalue weighted by molar-refractivity contribution is 0.361. The molecule has 0 aromatic heterocycles. The third kappa shape index (κ3) is 2.56. The van der Waals surface area contributed by atoms with Crippen LogP contribution in [-0.4, -0.2) is 6.61 Å². The fraction of sp³-hybridized carbons (Fsp3) is 0.235. The molecule has 0 saturated heterocycles. The lowest BCUT2D eigenvalue weighted by atomic mass is 9.78. The summed E-state index contributed by atoms with van der Waals surface area (Å²) in [6, 6.07) is 18.8. The van der Waals surface area contributed by atoms with Gasteiger partial charge in [-0.2, -0.15) is 0 Å². The fourth-order valence-electron chi connectivity index (χ4n) is 2.11. The van der Waals surface area contributed by atoms with Gasteiger partial charge < -0.3 is 4.74 Å². The van der Waals surface area contributed by atoms with Crippen LogP contribution in [0, 0.1) is 6.92 Å². The van der Waals surface area contributed by atoms with Crippen molar-refractivity contribution in [2.75, 3.05) is 6.61 Å². The molecule has 0 spiro atoms. The number of hydrogen-bond acceptors (Lipinski definition) is 1. The van der Waals surface area contributed by atoms with Gasteiger partial charge in [-0.05, 0) is 30.2 Å². The molecule has 18 heavy (non-hydrogen) atoms. The number of ether oxygens (including phenoxy) is 1. The van der Waals surface area contributed by atoms with Crippen LogP contribution >= 0.6 is 0 Å². The molecule has 0 bridgehead atoms. The molecular formula is C17H19O. The molecule has 2 aromatic rings. The second kappa shape index (κ2) is 5.26. The molecular weight excluding hydrogens is 220 g/mol. The van der Waals surface area contributed by atoms with Crippen molar-refractivity contribution in [1.29, 1.82) is 0 Å². The zero-order valence-electron chi connectivity index (χ0n) is 11.0. The van der Waals surface area contributed by atoms with Crippen LogP contribution in [0.4, 0.5) is 0 Å². The van der Waals surface area contributed by atoms with Crippen molar-refractivity contribution in [3.63, 3.8) is 0 Å². The molecule has 93 valence electrons. The topological polar surface area (TPSA) is 9.23 Å². The van der Waals surface area contributed by atoms with Gasteiger partial charge in [0.15, 0.2) is 0 Å². The number of hydrogen-bond donors (Lipinski definition) is 0. The van der Waals surface area contributed by atoms with Crippen LogP contribution in [0.15, 0.2) is 54.6 Å². The Morgan fingerprint density at radius 3 is 2.00 bits per heavy atom. The van der Waals surface area contributed by atoms with Crippen LogP contribution in [0.25, 0.3) is 0 Å². The summed E-state index contributed by atoms with van der Waals surface area (Å²) in [7, 11) is 0. The Kier molecular flexibility index (Phi) is 3.71. The summed E-state index contributed by atoms with van der Waals surface area (Å²) in [5, 5.41) is 0. The Balaban J connectivity index is 2.30. The Hall–Kier alpha value is -1.76. The highest BCUT2D eigenvalue weighted by atomic mass is 16.5. The summed E-state index contributed by atoms with van der Waals surface area (Å²) in [4.78, 5) is 0. The van der Waals surface area contributed by atoms with Crippen molar-refractivity contribution >= 4 is 0 Å². The maximum absolute atomic E-state index is 5.37. The van der Waals surface area contributed by atoms with Crippen LogP contribution < -0.4 is 4.74 Å². The predicted octanol–water partition coefficient (Wildman–Crippen LogP) is 4.23. The number of benzene rings is 2. The molecule has 0 amide bonds. The van der Waals surface area contributed by atoms with E-state index in [-0.39, 0.29) is 5.41 Å². The van der Waals surface area contributed by atoms with E-state index < -0.39 is 0 Å². The van der Waals surface area contributed by atoms with E-state index in [1.165, 1.54) is 11.1 Å². The lowest BCUT2D eigenvalue weighted by Gasteiger charge is -2.26. The van der Waals surface area contributed by atoms with E-state index in [9.17, 15) is 0 Å². The summed E-state index contributed by atoms with van der Waals surface area (Å²) in [5.41, 5.74) is 2.60. The highest BCUT2D eigenvalue weighted by Crippen LogP contribution is 2.32. The molecule has 2 rings (SSSR count). The van der Waals surface area contributed by atoms with Crippen molar-refractivity contribution in [1.82, 2.24) is 0 Å². The normalized spacial score (nSPS) is 11.3. The lowest BCUT2D eigenvalue weighted by Crippen LogP contribution is -2.18. The molecule has 0 N–H and O–H groups in total. The molecule has 0 aliphatic rings. The second-order valence-electron chi connectivity index (χ2n) is 4.86. The molecule has 0 aliphatic heterocycles. The summed E-state index contributed by atoms with van der Waals surface area (Å²) < 4.78 is 5.37. The maximum atomic E-state index is 5.37. The summed E-state index contributed by atoms with van der Waals surface area (Å²) in [5.74, 6) is 0.873. The third-order valence-electron chi connectivity index (χ3n) is 3.34. The minimum absolute atomic E-state index is 0.00422. The molecule has 0 unspecified atom stereocenters. The van der Waals surface area contributed by atoms with Gasteiger partial charge in [-0.15, -0.1) is 0 Å². The van der Waals surface area contributed by atoms with Crippen LogP contribution in [0.2, 0.25) is 0 Å². The zero-order chi connectivity index (χ0) is 13.0.